The number of allylic oxidation sites excluding steroid dienone is 1. The topological polar surface area (TPSA) is 99.4 Å². The zero-order chi connectivity index (χ0) is 17.5. The molecule has 1 aromatic heterocycles. The number of nitrogen functional groups attached to an aromatic ring is 1. The minimum absolute atomic E-state index is 0.205. The first-order valence-electron chi connectivity index (χ1n) is 7.29. The van der Waals surface area contributed by atoms with Crippen LogP contribution in [0.4, 0.5) is 5.82 Å². The van der Waals surface area contributed by atoms with Crippen LogP contribution in [0, 0.1) is 0 Å². The molecular weight excluding hydrogens is 308 g/mol. The van der Waals surface area contributed by atoms with E-state index in [1.807, 2.05) is 12.1 Å². The third-order valence-electron chi connectivity index (χ3n) is 3.34. The van der Waals surface area contributed by atoms with Crippen LogP contribution in [0.25, 0.3) is 0 Å². The summed E-state index contributed by atoms with van der Waals surface area (Å²) in [5.41, 5.74) is 7.47. The summed E-state index contributed by atoms with van der Waals surface area (Å²) in [4.78, 5) is 19.9. The van der Waals surface area contributed by atoms with E-state index < -0.39 is 0 Å². The molecule has 0 saturated carbocycles. The van der Waals surface area contributed by atoms with Crippen molar-refractivity contribution in [3.63, 3.8) is 0 Å². The van der Waals surface area contributed by atoms with Crippen LogP contribution in [0.3, 0.4) is 0 Å². The molecule has 0 radical (unpaired) electrons. The lowest BCUT2D eigenvalue weighted by Gasteiger charge is -2.14. The second-order valence-electron chi connectivity index (χ2n) is 4.99. The number of methoxy groups -OCH3 is 2. The molecule has 2 aromatic rings. The summed E-state index contributed by atoms with van der Waals surface area (Å²) < 4.78 is 10.8. The number of carbonyl (C=O) groups excluding carboxylic acids is 1. The fourth-order valence-electron chi connectivity index (χ4n) is 2.24. The van der Waals surface area contributed by atoms with Gasteiger partial charge in [0.05, 0.1) is 26.6 Å². The molecule has 0 saturated heterocycles. The van der Waals surface area contributed by atoms with Gasteiger partial charge in [0, 0.05) is 12.1 Å². The zero-order valence-electron chi connectivity index (χ0n) is 13.7. The number of carbonyl (C=O) groups is 1. The van der Waals surface area contributed by atoms with E-state index in [4.69, 9.17) is 15.2 Å². The number of amides is 1. The van der Waals surface area contributed by atoms with Gasteiger partial charge in [0.15, 0.2) is 11.5 Å². The molecule has 1 heterocycles. The van der Waals surface area contributed by atoms with E-state index in [9.17, 15) is 4.79 Å². The maximum absolute atomic E-state index is 12.1. The van der Waals surface area contributed by atoms with E-state index in [0.717, 1.165) is 11.1 Å². The summed E-state index contributed by atoms with van der Waals surface area (Å²) in [5.74, 6) is 1.20. The maximum atomic E-state index is 12.1. The van der Waals surface area contributed by atoms with Crippen molar-refractivity contribution in [2.24, 2.45) is 0 Å². The van der Waals surface area contributed by atoms with Crippen molar-refractivity contribution in [1.82, 2.24) is 15.3 Å². The predicted molar refractivity (Wildman–Crippen MR) is 91.1 cm³/mol. The van der Waals surface area contributed by atoms with E-state index >= 15 is 0 Å². The van der Waals surface area contributed by atoms with Gasteiger partial charge in [-0.1, -0.05) is 6.08 Å². The number of anilines is 1. The summed E-state index contributed by atoms with van der Waals surface area (Å²) >= 11 is 0. The van der Waals surface area contributed by atoms with E-state index in [-0.39, 0.29) is 17.4 Å². The smallest absolute Gasteiger partial charge is 0.271 e. The average Bonchev–Trinajstić information content (AvgIpc) is 2.60. The number of ether oxygens (including phenoxy) is 2. The van der Waals surface area contributed by atoms with Gasteiger partial charge in [0.2, 0.25) is 0 Å². The molecule has 126 valence electrons. The fourth-order valence-corrected chi connectivity index (χ4v) is 2.24. The summed E-state index contributed by atoms with van der Waals surface area (Å²) in [7, 11) is 3.16. The van der Waals surface area contributed by atoms with Gasteiger partial charge in [0.25, 0.3) is 5.91 Å². The van der Waals surface area contributed by atoms with Crippen LogP contribution < -0.4 is 20.5 Å². The third-order valence-corrected chi connectivity index (χ3v) is 3.34. The van der Waals surface area contributed by atoms with Gasteiger partial charge in [0.1, 0.15) is 11.5 Å². The quantitative estimate of drug-likeness (QED) is 0.751. The van der Waals surface area contributed by atoms with Crippen molar-refractivity contribution in [2.75, 3.05) is 20.0 Å². The first-order valence-corrected chi connectivity index (χ1v) is 7.29. The molecular formula is C17H20N4O3. The Morgan fingerprint density at radius 2 is 2.08 bits per heavy atom. The van der Waals surface area contributed by atoms with Crippen LogP contribution in [0.5, 0.6) is 11.5 Å². The van der Waals surface area contributed by atoms with Gasteiger partial charge in [-0.15, -0.1) is 6.58 Å². The van der Waals surface area contributed by atoms with Gasteiger partial charge in [-0.3, -0.25) is 4.79 Å². The van der Waals surface area contributed by atoms with Crippen LogP contribution in [-0.2, 0) is 13.0 Å². The third kappa shape index (κ3) is 4.01. The number of nitrogens with two attached hydrogens (primary N) is 1. The standard InChI is InChI=1S/C17H20N4O3/c1-4-5-12-6-11(7-14(23-2)16(12)24-3)8-21-17(22)13-9-20-15(18)10-19-13/h4,6-7,9-10H,1,5,8H2,2-3H3,(H2,18,20)(H,21,22). The number of benzene rings is 1. The van der Waals surface area contributed by atoms with Gasteiger partial charge >= 0.3 is 0 Å². The van der Waals surface area contributed by atoms with E-state index in [0.29, 0.717) is 24.5 Å². The number of hydrogen-bond donors (Lipinski definition) is 2. The second kappa shape index (κ2) is 7.96. The largest absolute Gasteiger partial charge is 0.493 e. The summed E-state index contributed by atoms with van der Waals surface area (Å²) in [6.45, 7) is 4.06. The van der Waals surface area contributed by atoms with Crippen LogP contribution >= 0.6 is 0 Å². The fraction of sp³-hybridized carbons (Fsp3) is 0.235. The normalized spacial score (nSPS) is 10.1. The average molecular weight is 328 g/mol. The van der Waals surface area contributed by atoms with Gasteiger partial charge in [-0.25, -0.2) is 9.97 Å². The highest BCUT2D eigenvalue weighted by Gasteiger charge is 2.13. The zero-order valence-corrected chi connectivity index (χ0v) is 13.7. The van der Waals surface area contributed by atoms with Gasteiger partial charge in [-0.05, 0) is 24.1 Å². The monoisotopic (exact) mass is 328 g/mol. The highest BCUT2D eigenvalue weighted by Crippen LogP contribution is 2.33. The Morgan fingerprint density at radius 1 is 1.29 bits per heavy atom. The Labute approximate surface area is 140 Å². The minimum Gasteiger partial charge on any atom is -0.493 e. The van der Waals surface area contributed by atoms with Crippen LogP contribution in [0.15, 0.2) is 37.2 Å². The molecule has 0 aliphatic heterocycles. The number of aromatic nitrogens is 2. The number of hydrogen-bond acceptors (Lipinski definition) is 6. The van der Waals surface area contributed by atoms with E-state index in [1.165, 1.54) is 12.4 Å². The summed E-state index contributed by atoms with van der Waals surface area (Å²) in [6.07, 6.45) is 5.09. The van der Waals surface area contributed by atoms with Crippen molar-refractivity contribution in [3.05, 3.63) is 54.0 Å². The summed E-state index contributed by atoms with van der Waals surface area (Å²) in [5, 5.41) is 2.79. The first-order chi connectivity index (χ1) is 11.6. The molecule has 7 heteroatoms. The predicted octanol–water partition coefficient (Wildman–Crippen LogP) is 1.73. The molecule has 0 atom stereocenters. The van der Waals surface area contributed by atoms with Crippen molar-refractivity contribution < 1.29 is 14.3 Å². The van der Waals surface area contributed by atoms with Crippen LogP contribution in [0.1, 0.15) is 21.6 Å². The Morgan fingerprint density at radius 3 is 2.67 bits per heavy atom. The molecule has 0 bridgehead atoms. The highest BCUT2D eigenvalue weighted by atomic mass is 16.5. The van der Waals surface area contributed by atoms with E-state index in [1.54, 1.807) is 20.3 Å². The molecule has 24 heavy (non-hydrogen) atoms. The number of nitrogens with one attached hydrogen (secondary N) is 1. The molecule has 0 unspecified atom stereocenters. The number of rotatable bonds is 7. The lowest BCUT2D eigenvalue weighted by molar-refractivity contribution is 0.0945. The molecule has 0 aliphatic carbocycles. The molecule has 0 spiro atoms. The van der Waals surface area contributed by atoms with Gasteiger partial charge in [-0.2, -0.15) is 0 Å². The molecule has 3 N–H and O–H groups in total. The lowest BCUT2D eigenvalue weighted by Crippen LogP contribution is -2.24. The molecule has 7 nitrogen and oxygen atoms in total. The Balaban J connectivity index is 2.16. The molecule has 0 aliphatic rings. The van der Waals surface area contributed by atoms with Crippen molar-refractivity contribution in [1.29, 1.82) is 0 Å². The molecule has 1 aromatic carbocycles. The van der Waals surface area contributed by atoms with Crippen molar-refractivity contribution in [2.45, 2.75) is 13.0 Å². The first kappa shape index (κ1) is 17.3. The number of nitrogens with zero attached hydrogens (tertiary/aromatic N) is 2. The van der Waals surface area contributed by atoms with Crippen molar-refractivity contribution in [3.8, 4) is 11.5 Å². The van der Waals surface area contributed by atoms with Crippen LogP contribution in [0.2, 0.25) is 0 Å². The Bertz CT molecular complexity index is 729. The maximum Gasteiger partial charge on any atom is 0.271 e. The van der Waals surface area contributed by atoms with Gasteiger partial charge < -0.3 is 20.5 Å². The van der Waals surface area contributed by atoms with Crippen LogP contribution in [-0.4, -0.2) is 30.1 Å². The van der Waals surface area contributed by atoms with Crippen molar-refractivity contribution >= 4 is 11.7 Å². The summed E-state index contributed by atoms with van der Waals surface area (Å²) in [6, 6.07) is 3.76. The lowest BCUT2D eigenvalue weighted by atomic mass is 10.1. The molecule has 1 amide bonds. The molecule has 2 rings (SSSR count). The Hall–Kier alpha value is -3.09. The second-order valence-corrected chi connectivity index (χ2v) is 4.99. The molecule has 0 fully saturated rings. The highest BCUT2D eigenvalue weighted by molar-refractivity contribution is 5.91. The Kier molecular flexibility index (Phi) is 5.73. The minimum atomic E-state index is -0.331. The SMILES string of the molecule is C=CCc1cc(CNC(=O)c2cnc(N)cn2)cc(OC)c1OC. The van der Waals surface area contributed by atoms with E-state index in [2.05, 4.69) is 21.9 Å².